The zero-order chi connectivity index (χ0) is 22.6. The highest BCUT2D eigenvalue weighted by molar-refractivity contribution is 7.91. The fourth-order valence-corrected chi connectivity index (χ4v) is 5.30. The van der Waals surface area contributed by atoms with Crippen LogP contribution in [0.1, 0.15) is 12.0 Å². The number of ether oxygens (including phenoxy) is 1. The fraction of sp³-hybridized carbons (Fsp3) is 0.364. The Hall–Kier alpha value is -2.20. The number of aryl methyl sites for hydroxylation is 1. The van der Waals surface area contributed by atoms with Crippen molar-refractivity contribution in [3.05, 3.63) is 48.0 Å². The van der Waals surface area contributed by atoms with Crippen molar-refractivity contribution in [1.29, 1.82) is 0 Å². The third-order valence-electron chi connectivity index (χ3n) is 4.86. The van der Waals surface area contributed by atoms with Crippen LogP contribution < -0.4 is 9.64 Å². The molecule has 0 spiro atoms. The van der Waals surface area contributed by atoms with Gasteiger partial charge in [-0.25, -0.2) is 13.4 Å². The van der Waals surface area contributed by atoms with Crippen molar-refractivity contribution in [2.45, 2.75) is 18.2 Å². The number of likely N-dealkylation sites (N-methyl/N-ethyl adjacent to an activating group) is 1. The molecule has 0 fully saturated rings. The second kappa shape index (κ2) is 11.1. The maximum absolute atomic E-state index is 13.1. The number of fused-ring (bicyclic) bond motifs is 1. The monoisotopic (exact) mass is 497 g/mol. The molecule has 3 aromatic rings. The molecule has 0 bridgehead atoms. The topological polar surface area (TPSA) is 79.8 Å². The average Bonchev–Trinajstić information content (AvgIpc) is 3.16. The molecule has 174 valence electrons. The Balaban J connectivity index is 0.00000363. The van der Waals surface area contributed by atoms with E-state index in [1.165, 1.54) is 11.3 Å². The smallest absolute Gasteiger partial charge is 0.229 e. The molecule has 0 aliphatic heterocycles. The largest absolute Gasteiger partial charge is 0.494 e. The van der Waals surface area contributed by atoms with Crippen molar-refractivity contribution in [3.8, 4) is 5.75 Å². The number of anilines is 1. The summed E-state index contributed by atoms with van der Waals surface area (Å²) < 4.78 is 31.7. The lowest BCUT2D eigenvalue weighted by Gasteiger charge is -2.22. The maximum Gasteiger partial charge on any atom is 0.229 e. The highest BCUT2D eigenvalue weighted by Gasteiger charge is 2.24. The number of carbonyl (C=O) groups excluding carboxylic acids is 1. The Morgan fingerprint density at radius 3 is 2.41 bits per heavy atom. The standard InChI is InChI=1S/C22H27N3O4S2.ClH/c1-16-8-10-17(11-9-16)31(27,28)15-12-20(26)25(14-13-24(2)3)22-23-21-18(29-4)6-5-7-19(21)30-22;/h5-11H,12-15H2,1-4H3;1H. The summed E-state index contributed by atoms with van der Waals surface area (Å²) in [6.07, 6.45) is -0.114. The Morgan fingerprint density at radius 2 is 1.78 bits per heavy atom. The van der Waals surface area contributed by atoms with Crippen molar-refractivity contribution < 1.29 is 17.9 Å². The van der Waals surface area contributed by atoms with Gasteiger partial charge in [-0.15, -0.1) is 12.4 Å². The van der Waals surface area contributed by atoms with E-state index in [1.54, 1.807) is 36.3 Å². The second-order valence-electron chi connectivity index (χ2n) is 7.53. The number of halogens is 1. The zero-order valence-electron chi connectivity index (χ0n) is 18.6. The van der Waals surface area contributed by atoms with Gasteiger partial charge in [0.1, 0.15) is 11.3 Å². The molecule has 0 unspecified atom stereocenters. The number of carbonyl (C=O) groups is 1. The molecule has 10 heteroatoms. The normalized spacial score (nSPS) is 11.4. The summed E-state index contributed by atoms with van der Waals surface area (Å²) in [5.74, 6) is 0.124. The maximum atomic E-state index is 13.1. The number of nitrogens with zero attached hydrogens (tertiary/aromatic N) is 3. The van der Waals surface area contributed by atoms with E-state index in [-0.39, 0.29) is 35.4 Å². The van der Waals surface area contributed by atoms with E-state index in [2.05, 4.69) is 4.98 Å². The van der Waals surface area contributed by atoms with E-state index in [0.717, 1.165) is 10.3 Å². The summed E-state index contributed by atoms with van der Waals surface area (Å²) in [7, 11) is 1.88. The van der Waals surface area contributed by atoms with Crippen molar-refractivity contribution in [3.63, 3.8) is 0 Å². The van der Waals surface area contributed by atoms with E-state index >= 15 is 0 Å². The van der Waals surface area contributed by atoms with Gasteiger partial charge >= 0.3 is 0 Å². The number of methoxy groups -OCH3 is 1. The van der Waals surface area contributed by atoms with Crippen LogP contribution in [0, 0.1) is 6.92 Å². The summed E-state index contributed by atoms with van der Waals surface area (Å²) in [6, 6.07) is 12.3. The van der Waals surface area contributed by atoms with E-state index in [0.29, 0.717) is 29.5 Å². The Kier molecular flexibility index (Phi) is 9.03. The van der Waals surface area contributed by atoms with Gasteiger partial charge in [0.25, 0.3) is 0 Å². The summed E-state index contributed by atoms with van der Waals surface area (Å²) in [5.41, 5.74) is 1.68. The number of para-hydroxylation sites is 1. The molecular formula is C22H28ClN3O4S2. The number of thiazole rings is 1. The number of amides is 1. The van der Waals surface area contributed by atoms with Crippen LogP contribution in [0.3, 0.4) is 0 Å². The average molecular weight is 498 g/mol. The van der Waals surface area contributed by atoms with Crippen LogP contribution in [0.2, 0.25) is 0 Å². The van der Waals surface area contributed by atoms with E-state index in [9.17, 15) is 13.2 Å². The van der Waals surface area contributed by atoms with Gasteiger partial charge in [-0.3, -0.25) is 9.69 Å². The molecule has 3 rings (SSSR count). The Morgan fingerprint density at radius 1 is 1.09 bits per heavy atom. The summed E-state index contributed by atoms with van der Waals surface area (Å²) in [4.78, 5) is 21.5. The van der Waals surface area contributed by atoms with E-state index in [1.807, 2.05) is 44.1 Å². The minimum Gasteiger partial charge on any atom is -0.494 e. The Labute approximate surface area is 199 Å². The lowest BCUT2D eigenvalue weighted by atomic mass is 10.2. The molecule has 0 N–H and O–H groups in total. The lowest BCUT2D eigenvalue weighted by molar-refractivity contribution is -0.118. The molecule has 2 aromatic carbocycles. The second-order valence-corrected chi connectivity index (χ2v) is 10.7. The molecule has 0 aliphatic rings. The highest BCUT2D eigenvalue weighted by atomic mass is 35.5. The lowest BCUT2D eigenvalue weighted by Crippen LogP contribution is -2.37. The van der Waals surface area contributed by atoms with Crippen LogP contribution in [-0.4, -0.2) is 64.3 Å². The molecule has 0 saturated heterocycles. The third kappa shape index (κ3) is 6.19. The van der Waals surface area contributed by atoms with Gasteiger partial charge in [0.2, 0.25) is 5.91 Å². The number of rotatable bonds is 9. The molecule has 0 radical (unpaired) electrons. The minimum atomic E-state index is -3.55. The molecule has 0 atom stereocenters. The molecule has 0 aliphatic carbocycles. The molecule has 0 saturated carbocycles. The third-order valence-corrected chi connectivity index (χ3v) is 7.63. The summed E-state index contributed by atoms with van der Waals surface area (Å²) in [6.45, 7) is 2.94. The van der Waals surface area contributed by atoms with Crippen molar-refractivity contribution in [2.75, 3.05) is 44.9 Å². The van der Waals surface area contributed by atoms with Crippen molar-refractivity contribution >= 4 is 54.8 Å². The number of aromatic nitrogens is 1. The predicted octanol–water partition coefficient (Wildman–Crippen LogP) is 3.79. The first kappa shape index (κ1) is 26.1. The molecule has 32 heavy (non-hydrogen) atoms. The van der Waals surface area contributed by atoms with Crippen LogP contribution in [0.5, 0.6) is 5.75 Å². The predicted molar refractivity (Wildman–Crippen MR) is 132 cm³/mol. The first-order valence-electron chi connectivity index (χ1n) is 9.89. The molecule has 1 amide bonds. The Bertz CT molecular complexity index is 1160. The fourth-order valence-electron chi connectivity index (χ4n) is 3.04. The van der Waals surface area contributed by atoms with Gasteiger partial charge in [0, 0.05) is 19.5 Å². The van der Waals surface area contributed by atoms with Gasteiger partial charge in [-0.2, -0.15) is 0 Å². The first-order valence-corrected chi connectivity index (χ1v) is 12.4. The van der Waals surface area contributed by atoms with Crippen LogP contribution in [0.4, 0.5) is 5.13 Å². The van der Waals surface area contributed by atoms with Gasteiger partial charge in [-0.05, 0) is 45.3 Å². The van der Waals surface area contributed by atoms with Crippen molar-refractivity contribution in [1.82, 2.24) is 9.88 Å². The van der Waals surface area contributed by atoms with Crippen LogP contribution in [0.15, 0.2) is 47.4 Å². The number of sulfone groups is 1. The SMILES string of the molecule is COc1cccc2sc(N(CCN(C)C)C(=O)CCS(=O)(=O)c3ccc(C)cc3)nc12.Cl. The first-order chi connectivity index (χ1) is 14.7. The molecule has 1 aromatic heterocycles. The van der Waals surface area contributed by atoms with Gasteiger partial charge in [0.15, 0.2) is 15.0 Å². The minimum absolute atomic E-state index is 0. The van der Waals surface area contributed by atoms with Crippen molar-refractivity contribution in [2.24, 2.45) is 0 Å². The van der Waals surface area contributed by atoms with Crippen LogP contribution in [-0.2, 0) is 14.6 Å². The summed E-state index contributed by atoms with van der Waals surface area (Å²) >= 11 is 1.39. The zero-order valence-corrected chi connectivity index (χ0v) is 21.0. The van der Waals surface area contributed by atoms with Gasteiger partial charge < -0.3 is 9.64 Å². The highest BCUT2D eigenvalue weighted by Crippen LogP contribution is 2.34. The van der Waals surface area contributed by atoms with E-state index < -0.39 is 9.84 Å². The number of hydrogen-bond acceptors (Lipinski definition) is 7. The van der Waals surface area contributed by atoms with Crippen LogP contribution in [0.25, 0.3) is 10.2 Å². The summed E-state index contributed by atoms with van der Waals surface area (Å²) in [5, 5.41) is 0.541. The van der Waals surface area contributed by atoms with Crippen LogP contribution >= 0.6 is 23.7 Å². The molecular weight excluding hydrogens is 470 g/mol. The number of hydrogen-bond donors (Lipinski definition) is 0. The van der Waals surface area contributed by atoms with Gasteiger partial charge in [-0.1, -0.05) is 35.1 Å². The number of benzene rings is 2. The quantitative estimate of drug-likeness (QED) is 0.447. The van der Waals surface area contributed by atoms with Gasteiger partial charge in [0.05, 0.1) is 22.5 Å². The molecule has 1 heterocycles. The molecule has 7 nitrogen and oxygen atoms in total. The van der Waals surface area contributed by atoms with E-state index in [4.69, 9.17) is 4.74 Å².